The fraction of sp³-hybridized carbons (Fsp3) is 0.316. The van der Waals surface area contributed by atoms with Gasteiger partial charge >= 0.3 is 0 Å². The number of carbonyl (C=O) groups is 1. The molecule has 5 nitrogen and oxygen atoms in total. The number of nitrogens with zero attached hydrogens (tertiary/aromatic N) is 1. The van der Waals surface area contributed by atoms with E-state index >= 15 is 0 Å². The molecule has 2 unspecified atom stereocenters. The number of nitrogens with two attached hydrogens (primary N) is 1. The molecule has 0 saturated heterocycles. The lowest BCUT2D eigenvalue weighted by Gasteiger charge is -2.21. The molecular formula is C19H20N2O3. The van der Waals surface area contributed by atoms with Gasteiger partial charge in [-0.15, -0.1) is 0 Å². The summed E-state index contributed by atoms with van der Waals surface area (Å²) in [5.41, 5.74) is 7.82. The van der Waals surface area contributed by atoms with Crippen LogP contribution < -0.4 is 20.1 Å². The first-order chi connectivity index (χ1) is 11.5. The zero-order valence-corrected chi connectivity index (χ0v) is 13.8. The molecule has 4 rings (SSSR count). The lowest BCUT2D eigenvalue weighted by atomic mass is 9.77. The van der Waals surface area contributed by atoms with Crippen molar-refractivity contribution in [3.63, 3.8) is 0 Å². The number of hydrogen-bond acceptors (Lipinski definition) is 4. The maximum absolute atomic E-state index is 13.0. The van der Waals surface area contributed by atoms with E-state index in [4.69, 9.17) is 15.2 Å². The third-order valence-corrected chi connectivity index (χ3v) is 4.76. The molecule has 0 aromatic heterocycles. The van der Waals surface area contributed by atoms with Crippen molar-refractivity contribution in [1.29, 1.82) is 0 Å². The number of fused-ring (bicyclic) bond motifs is 4. The number of amides is 1. The second-order valence-electron chi connectivity index (χ2n) is 6.52. The largest absolute Gasteiger partial charge is 0.492 e. The lowest BCUT2D eigenvalue weighted by Crippen LogP contribution is -2.40. The Morgan fingerprint density at radius 2 is 2.08 bits per heavy atom. The van der Waals surface area contributed by atoms with Crippen LogP contribution in [0.15, 0.2) is 42.5 Å². The molecule has 0 radical (unpaired) electrons. The van der Waals surface area contributed by atoms with Crippen molar-refractivity contribution in [3.8, 4) is 11.5 Å². The van der Waals surface area contributed by atoms with E-state index in [0.29, 0.717) is 24.7 Å². The molecule has 2 aliphatic heterocycles. The van der Waals surface area contributed by atoms with Gasteiger partial charge in [0, 0.05) is 30.4 Å². The maximum Gasteiger partial charge on any atom is 0.245 e. The van der Waals surface area contributed by atoms with E-state index in [1.54, 1.807) is 4.90 Å². The van der Waals surface area contributed by atoms with Gasteiger partial charge in [0.2, 0.25) is 5.91 Å². The molecule has 2 atom stereocenters. The summed E-state index contributed by atoms with van der Waals surface area (Å²) in [5.74, 6) is 1.46. The summed E-state index contributed by atoms with van der Waals surface area (Å²) >= 11 is 0. The second kappa shape index (κ2) is 5.24. The summed E-state index contributed by atoms with van der Waals surface area (Å²) in [7, 11) is 1.81. The predicted octanol–water partition coefficient (Wildman–Crippen LogP) is 2.07. The van der Waals surface area contributed by atoms with Crippen LogP contribution in [0.2, 0.25) is 0 Å². The van der Waals surface area contributed by atoms with Crippen LogP contribution in [0.3, 0.4) is 0 Å². The van der Waals surface area contributed by atoms with Crippen LogP contribution in [0, 0.1) is 0 Å². The first-order valence-corrected chi connectivity index (χ1v) is 8.07. The van der Waals surface area contributed by atoms with Crippen LogP contribution in [-0.4, -0.2) is 32.2 Å². The van der Waals surface area contributed by atoms with E-state index in [0.717, 1.165) is 16.8 Å². The van der Waals surface area contributed by atoms with Crippen molar-refractivity contribution in [2.45, 2.75) is 18.4 Å². The van der Waals surface area contributed by atoms with Gasteiger partial charge in [0.1, 0.15) is 30.1 Å². The van der Waals surface area contributed by atoms with Crippen molar-refractivity contribution >= 4 is 11.6 Å². The Morgan fingerprint density at radius 3 is 2.88 bits per heavy atom. The van der Waals surface area contributed by atoms with E-state index in [1.807, 2.05) is 56.4 Å². The predicted molar refractivity (Wildman–Crippen MR) is 91.7 cm³/mol. The van der Waals surface area contributed by atoms with Crippen molar-refractivity contribution < 1.29 is 14.3 Å². The minimum Gasteiger partial charge on any atom is -0.492 e. The highest BCUT2D eigenvalue weighted by atomic mass is 16.5. The number of carbonyl (C=O) groups excluding carboxylic acids is 1. The van der Waals surface area contributed by atoms with E-state index in [1.165, 1.54) is 0 Å². The number of ether oxygens (including phenoxy) is 2. The van der Waals surface area contributed by atoms with Crippen molar-refractivity contribution in [2.75, 3.05) is 25.2 Å². The van der Waals surface area contributed by atoms with E-state index < -0.39 is 5.41 Å². The number of benzene rings is 2. The quantitative estimate of drug-likeness (QED) is 0.939. The minimum absolute atomic E-state index is 0.0394. The Morgan fingerprint density at radius 1 is 1.29 bits per heavy atom. The molecular weight excluding hydrogens is 304 g/mol. The SMILES string of the molecule is CC(N)COc1ccc2c(c1)OCC21C(=O)N(C)c2ccccc21. The average molecular weight is 324 g/mol. The van der Waals surface area contributed by atoms with E-state index in [9.17, 15) is 4.79 Å². The molecule has 2 aromatic carbocycles. The molecule has 0 saturated carbocycles. The topological polar surface area (TPSA) is 64.8 Å². The number of para-hydroxylation sites is 1. The molecule has 124 valence electrons. The van der Waals surface area contributed by atoms with Crippen molar-refractivity contribution in [3.05, 3.63) is 53.6 Å². The normalized spacial score (nSPS) is 22.3. The van der Waals surface area contributed by atoms with Gasteiger partial charge in [0.25, 0.3) is 0 Å². The third kappa shape index (κ3) is 1.94. The highest BCUT2D eigenvalue weighted by molar-refractivity contribution is 6.11. The Labute approximate surface area is 141 Å². The second-order valence-corrected chi connectivity index (χ2v) is 6.52. The maximum atomic E-state index is 13.0. The zero-order chi connectivity index (χ0) is 16.9. The van der Waals surface area contributed by atoms with Gasteiger partial charge < -0.3 is 20.1 Å². The Bertz CT molecular complexity index is 818. The molecule has 5 heteroatoms. The number of likely N-dealkylation sites (N-methyl/N-ethyl adjacent to an activating group) is 1. The molecule has 0 bridgehead atoms. The first-order valence-electron chi connectivity index (χ1n) is 8.07. The van der Waals surface area contributed by atoms with Crippen molar-refractivity contribution in [2.24, 2.45) is 5.73 Å². The van der Waals surface area contributed by atoms with Gasteiger partial charge in [0.05, 0.1) is 0 Å². The van der Waals surface area contributed by atoms with Crippen LogP contribution in [0.25, 0.3) is 0 Å². The molecule has 2 N–H and O–H groups in total. The number of anilines is 1. The molecule has 0 aliphatic carbocycles. The molecule has 1 spiro atoms. The lowest BCUT2D eigenvalue weighted by molar-refractivity contribution is -0.121. The highest BCUT2D eigenvalue weighted by Crippen LogP contribution is 2.52. The molecule has 1 amide bonds. The van der Waals surface area contributed by atoms with Crippen LogP contribution in [-0.2, 0) is 10.2 Å². The van der Waals surface area contributed by atoms with Crippen LogP contribution in [0.1, 0.15) is 18.1 Å². The van der Waals surface area contributed by atoms with Crippen LogP contribution >= 0.6 is 0 Å². The van der Waals surface area contributed by atoms with Gasteiger partial charge in [0.15, 0.2) is 0 Å². The van der Waals surface area contributed by atoms with Crippen LogP contribution in [0.4, 0.5) is 5.69 Å². The van der Waals surface area contributed by atoms with Gasteiger partial charge in [-0.3, -0.25) is 4.79 Å². The fourth-order valence-corrected chi connectivity index (χ4v) is 3.59. The van der Waals surface area contributed by atoms with Gasteiger partial charge in [-0.05, 0) is 24.6 Å². The Hall–Kier alpha value is -2.53. The summed E-state index contributed by atoms with van der Waals surface area (Å²) < 4.78 is 11.6. The summed E-state index contributed by atoms with van der Waals surface area (Å²) in [6.45, 7) is 2.65. The smallest absolute Gasteiger partial charge is 0.245 e. The molecule has 2 aliphatic rings. The monoisotopic (exact) mass is 324 g/mol. The summed E-state index contributed by atoms with van der Waals surface area (Å²) in [4.78, 5) is 14.8. The molecule has 2 heterocycles. The van der Waals surface area contributed by atoms with Gasteiger partial charge in [-0.1, -0.05) is 24.3 Å². The summed E-state index contributed by atoms with van der Waals surface area (Å²) in [6, 6.07) is 13.5. The minimum atomic E-state index is -0.750. The molecule has 24 heavy (non-hydrogen) atoms. The summed E-state index contributed by atoms with van der Waals surface area (Å²) in [6.07, 6.45) is 0. The zero-order valence-electron chi connectivity index (χ0n) is 13.8. The first kappa shape index (κ1) is 15.0. The molecule has 2 aromatic rings. The summed E-state index contributed by atoms with van der Waals surface area (Å²) in [5, 5.41) is 0. The Kier molecular flexibility index (Phi) is 3.28. The fourth-order valence-electron chi connectivity index (χ4n) is 3.59. The average Bonchev–Trinajstić information content (AvgIpc) is 3.07. The highest BCUT2D eigenvalue weighted by Gasteiger charge is 2.55. The standard InChI is InChI=1S/C19H20N2O3/c1-12(20)10-23-13-7-8-15-17(9-13)24-11-19(15)14-5-3-4-6-16(14)21(2)18(19)22/h3-9,12H,10-11,20H2,1-2H3. The van der Waals surface area contributed by atoms with Crippen LogP contribution in [0.5, 0.6) is 11.5 Å². The molecule has 0 fully saturated rings. The Balaban J connectivity index is 1.78. The number of hydrogen-bond donors (Lipinski definition) is 1. The van der Waals surface area contributed by atoms with Crippen molar-refractivity contribution in [1.82, 2.24) is 0 Å². The number of rotatable bonds is 3. The van der Waals surface area contributed by atoms with E-state index in [2.05, 4.69) is 0 Å². The van der Waals surface area contributed by atoms with Gasteiger partial charge in [-0.25, -0.2) is 0 Å². The third-order valence-electron chi connectivity index (χ3n) is 4.76. The van der Waals surface area contributed by atoms with E-state index in [-0.39, 0.29) is 11.9 Å². The van der Waals surface area contributed by atoms with Gasteiger partial charge in [-0.2, -0.15) is 0 Å².